The molecule has 74 heavy (non-hydrogen) atoms. The van der Waals surface area contributed by atoms with Crippen molar-refractivity contribution in [3.63, 3.8) is 0 Å². The fourth-order valence-corrected chi connectivity index (χ4v) is 7.48. The standard InChI is InChI=1S/C20H22F3N3O2.C12H15N3O3.C7H6F3N.C5H7N3O.C5H9NO.ClH/c1-25-18(27)7-6-16(24-25)13-19(28)26-10-8-14(9-11-26)12-15-4-2-3-5-17(15)20(21,22)23;1-14-11(17)3-2-9(13-14)8-12(18)15-6-4-10(16)5-7-15;8-7(9,10)5-3-1-2-4-6(5)11;1-8-5(9)3-2-4(6)7-8;7-5-1-3-6-4-2-5;/h2-7,14H,8-13H2,1H3;2-3H,4-8H2,1H3;1-4H,11H2;2-3H,1H3,(H2,6,7);6H,1-4H2;1H. The van der Waals surface area contributed by atoms with E-state index in [1.54, 1.807) is 42.1 Å². The number of hydrogen-bond acceptors (Lipinski definition) is 13. The summed E-state index contributed by atoms with van der Waals surface area (Å²) in [4.78, 5) is 82.5. The van der Waals surface area contributed by atoms with Gasteiger partial charge in [-0.25, -0.2) is 14.0 Å². The van der Waals surface area contributed by atoms with Crippen molar-refractivity contribution in [3.05, 3.63) is 144 Å². The summed E-state index contributed by atoms with van der Waals surface area (Å²) in [6, 6.07) is 19.4. The van der Waals surface area contributed by atoms with E-state index >= 15 is 0 Å². The van der Waals surface area contributed by atoms with Crippen LogP contribution in [0.1, 0.15) is 66.6 Å². The van der Waals surface area contributed by atoms with E-state index in [2.05, 4.69) is 20.6 Å². The fraction of sp³-hybridized carbons (Fsp3) is 0.429. The number of nitrogens with two attached hydrogens (primary N) is 2. The number of hydrogen-bond donors (Lipinski definition) is 3. The summed E-state index contributed by atoms with van der Waals surface area (Å²) < 4.78 is 78.9. The lowest BCUT2D eigenvalue weighted by Crippen LogP contribution is -2.40. The van der Waals surface area contributed by atoms with Crippen LogP contribution in [0, 0.1) is 5.92 Å². The number of ketones is 2. The highest BCUT2D eigenvalue weighted by atomic mass is 35.5. The van der Waals surface area contributed by atoms with Gasteiger partial charge in [0.05, 0.1) is 35.4 Å². The predicted octanol–water partition coefficient (Wildman–Crippen LogP) is 4.35. The topological polar surface area (TPSA) is 244 Å². The molecule has 0 atom stereocenters. The number of nitrogens with one attached hydrogen (secondary N) is 1. The van der Waals surface area contributed by atoms with Crippen LogP contribution in [0.25, 0.3) is 0 Å². The molecule has 3 fully saturated rings. The lowest BCUT2D eigenvalue weighted by Gasteiger charge is -2.32. The minimum Gasteiger partial charge on any atom is -0.398 e. The van der Waals surface area contributed by atoms with Gasteiger partial charge in [-0.05, 0) is 67.1 Å². The van der Waals surface area contributed by atoms with Gasteiger partial charge in [-0.3, -0.25) is 33.6 Å². The number of carbonyl (C=O) groups is 4. The number of halogens is 7. The average Bonchev–Trinajstić information content (AvgIpc) is 3.34. The van der Waals surface area contributed by atoms with Crippen molar-refractivity contribution in [1.82, 2.24) is 44.5 Å². The van der Waals surface area contributed by atoms with Gasteiger partial charge < -0.3 is 26.6 Å². The van der Waals surface area contributed by atoms with E-state index in [1.165, 1.54) is 75.7 Å². The minimum atomic E-state index is -4.35. The molecule has 3 saturated heterocycles. The largest absolute Gasteiger partial charge is 0.418 e. The number of anilines is 2. The first-order valence-corrected chi connectivity index (χ1v) is 23.1. The smallest absolute Gasteiger partial charge is 0.398 e. The van der Waals surface area contributed by atoms with Gasteiger partial charge in [0, 0.05) is 110 Å². The number of carbonyl (C=O) groups excluding carboxylic acids is 4. The van der Waals surface area contributed by atoms with E-state index in [4.69, 9.17) is 11.5 Å². The number of nitrogen functional groups attached to an aromatic ring is 2. The molecule has 3 aromatic heterocycles. The molecule has 0 saturated carbocycles. The first-order valence-electron chi connectivity index (χ1n) is 23.1. The quantitative estimate of drug-likeness (QED) is 0.159. The van der Waals surface area contributed by atoms with Gasteiger partial charge in [-0.2, -0.15) is 41.6 Å². The summed E-state index contributed by atoms with van der Waals surface area (Å²) in [5.41, 5.74) is 9.57. The zero-order valence-corrected chi connectivity index (χ0v) is 41.8. The Morgan fingerprint density at radius 1 is 0.568 bits per heavy atom. The van der Waals surface area contributed by atoms with E-state index in [0.29, 0.717) is 86.8 Å². The number of amides is 2. The number of aromatic nitrogens is 6. The van der Waals surface area contributed by atoms with Gasteiger partial charge in [0.1, 0.15) is 17.4 Å². The highest BCUT2D eigenvalue weighted by Gasteiger charge is 2.34. The highest BCUT2D eigenvalue weighted by molar-refractivity contribution is 5.85. The molecule has 3 aliphatic heterocycles. The highest BCUT2D eigenvalue weighted by Crippen LogP contribution is 2.35. The van der Waals surface area contributed by atoms with E-state index in [0.717, 1.165) is 38.1 Å². The molecule has 0 spiro atoms. The van der Waals surface area contributed by atoms with Crippen LogP contribution in [0.3, 0.4) is 0 Å². The summed E-state index contributed by atoms with van der Waals surface area (Å²) in [5, 5.41) is 14.8. The maximum absolute atomic E-state index is 13.2. The average molecular weight is 1060 g/mol. The van der Waals surface area contributed by atoms with Crippen molar-refractivity contribution in [2.75, 3.05) is 50.7 Å². The zero-order chi connectivity index (χ0) is 53.9. The number of rotatable bonds is 6. The molecule has 18 nitrogen and oxygen atoms in total. The second-order valence-corrected chi connectivity index (χ2v) is 17.1. The SMILES string of the molecule is Cl.Cn1nc(CC(=O)N2CCC(=O)CC2)ccc1=O.Cn1nc(CC(=O)N2CCC(Cc3ccccc3C(F)(F)F)CC2)ccc1=O.Cn1nc(N)ccc1=O.Nc1ccccc1C(F)(F)F.O=C1CCNCC1. The van der Waals surface area contributed by atoms with Crippen LogP contribution in [-0.4, -0.2) is 102 Å². The Kier molecular flexibility index (Phi) is 23.8. The molecule has 8 rings (SSSR count). The van der Waals surface area contributed by atoms with Crippen LogP contribution >= 0.6 is 12.4 Å². The number of para-hydroxylation sites is 1. The lowest BCUT2D eigenvalue weighted by atomic mass is 9.88. The molecule has 402 valence electrons. The van der Waals surface area contributed by atoms with Crippen LogP contribution in [-0.2, 0) is 71.9 Å². The molecular weight excluding hydrogens is 1000 g/mol. The van der Waals surface area contributed by atoms with Crippen LogP contribution in [0.4, 0.5) is 37.8 Å². The van der Waals surface area contributed by atoms with Crippen molar-refractivity contribution in [1.29, 1.82) is 0 Å². The Bertz CT molecular complexity index is 2830. The molecule has 0 aliphatic carbocycles. The molecule has 0 bridgehead atoms. The summed E-state index contributed by atoms with van der Waals surface area (Å²) in [7, 11) is 4.63. The first-order chi connectivity index (χ1) is 34.4. The van der Waals surface area contributed by atoms with Crippen molar-refractivity contribution in [3.8, 4) is 0 Å². The molecule has 0 radical (unpaired) electrons. The monoisotopic (exact) mass is 1060 g/mol. The Balaban J connectivity index is 0.000000268. The van der Waals surface area contributed by atoms with E-state index in [-0.39, 0.29) is 71.1 Å². The molecule has 5 aromatic rings. The van der Waals surface area contributed by atoms with Gasteiger partial charge in [0.25, 0.3) is 16.7 Å². The molecular formula is C49H60ClF6N11O7. The van der Waals surface area contributed by atoms with Crippen LogP contribution in [0.5, 0.6) is 0 Å². The van der Waals surface area contributed by atoms with Crippen molar-refractivity contribution >= 4 is 47.3 Å². The minimum absolute atomic E-state index is 0. The van der Waals surface area contributed by atoms with E-state index < -0.39 is 23.5 Å². The van der Waals surface area contributed by atoms with Crippen molar-refractivity contribution in [2.24, 2.45) is 27.1 Å². The molecule has 25 heteroatoms. The van der Waals surface area contributed by atoms with Crippen LogP contribution in [0.15, 0.2) is 99.3 Å². The van der Waals surface area contributed by atoms with Gasteiger partial charge in [0.15, 0.2) is 0 Å². The maximum Gasteiger partial charge on any atom is 0.418 e. The van der Waals surface area contributed by atoms with Gasteiger partial charge in [0.2, 0.25) is 11.8 Å². The molecule has 6 heterocycles. The maximum atomic E-state index is 13.2. The number of alkyl halides is 6. The van der Waals surface area contributed by atoms with E-state index in [1.807, 2.05) is 0 Å². The van der Waals surface area contributed by atoms with Crippen LogP contribution in [0.2, 0.25) is 0 Å². The number of benzene rings is 2. The summed E-state index contributed by atoms with van der Waals surface area (Å²) >= 11 is 0. The molecule has 0 unspecified atom stereocenters. The third-order valence-electron chi connectivity index (χ3n) is 11.6. The number of Topliss-reactive ketones (excluding diaryl/α,β-unsaturated/α-hetero) is 2. The number of likely N-dealkylation sites (tertiary alicyclic amines) is 2. The first kappa shape index (κ1) is 61.1. The van der Waals surface area contributed by atoms with Gasteiger partial charge in [-0.15, -0.1) is 12.4 Å². The Hall–Kier alpha value is -7.21. The Morgan fingerprint density at radius 3 is 1.39 bits per heavy atom. The number of piperidine rings is 3. The normalized spacial score (nSPS) is 14.8. The molecule has 2 amide bonds. The Labute approximate surface area is 428 Å². The fourth-order valence-electron chi connectivity index (χ4n) is 7.48. The summed E-state index contributed by atoms with van der Waals surface area (Å²) in [6.07, 6.45) is -4.38. The van der Waals surface area contributed by atoms with Gasteiger partial charge in [-0.1, -0.05) is 30.3 Å². The second-order valence-electron chi connectivity index (χ2n) is 17.1. The number of aryl methyl sites for hydroxylation is 3. The predicted molar refractivity (Wildman–Crippen MR) is 266 cm³/mol. The summed E-state index contributed by atoms with van der Waals surface area (Å²) in [6.45, 7) is 3.79. The third-order valence-corrected chi connectivity index (χ3v) is 11.6. The molecule has 3 aliphatic rings. The van der Waals surface area contributed by atoms with Gasteiger partial charge >= 0.3 is 12.4 Å². The third kappa shape index (κ3) is 20.4. The van der Waals surface area contributed by atoms with Crippen molar-refractivity contribution in [2.45, 2.75) is 70.1 Å². The lowest BCUT2D eigenvalue weighted by molar-refractivity contribution is -0.138. The Morgan fingerprint density at radius 2 is 0.986 bits per heavy atom. The number of nitrogens with zero attached hydrogens (tertiary/aromatic N) is 8. The van der Waals surface area contributed by atoms with E-state index in [9.17, 15) is 59.9 Å². The molecule has 5 N–H and O–H groups in total. The van der Waals surface area contributed by atoms with Crippen LogP contribution < -0.4 is 33.5 Å². The van der Waals surface area contributed by atoms with Crippen molar-refractivity contribution < 1.29 is 45.5 Å². The zero-order valence-electron chi connectivity index (χ0n) is 41.0. The molecule has 2 aromatic carbocycles. The summed E-state index contributed by atoms with van der Waals surface area (Å²) in [5.74, 6) is 0.951. The second kappa shape index (κ2) is 28.9.